The molecule has 4 heteroatoms. The molecule has 3 rings (SSSR count). The predicted molar refractivity (Wildman–Crippen MR) is 99.8 cm³/mol. The molecule has 0 radical (unpaired) electrons. The summed E-state index contributed by atoms with van der Waals surface area (Å²) in [5.74, 6) is 0.842. The highest BCUT2D eigenvalue weighted by molar-refractivity contribution is 5.94. The van der Waals surface area contributed by atoms with Crippen molar-refractivity contribution in [3.63, 3.8) is 0 Å². The summed E-state index contributed by atoms with van der Waals surface area (Å²) < 4.78 is 5.72. The van der Waals surface area contributed by atoms with Crippen molar-refractivity contribution in [3.8, 4) is 5.75 Å². The first-order valence-corrected chi connectivity index (χ1v) is 9.08. The van der Waals surface area contributed by atoms with E-state index in [4.69, 9.17) is 4.74 Å². The Balaban J connectivity index is 1.42. The lowest BCUT2D eigenvalue weighted by Gasteiger charge is -2.26. The highest BCUT2D eigenvalue weighted by atomic mass is 16.5. The molecule has 1 aliphatic heterocycles. The minimum Gasteiger partial charge on any atom is -0.489 e. The summed E-state index contributed by atoms with van der Waals surface area (Å²) in [6.07, 6.45) is 3.89. The Morgan fingerprint density at radius 1 is 0.960 bits per heavy atom. The van der Waals surface area contributed by atoms with Crippen LogP contribution in [-0.2, 0) is 6.61 Å². The fourth-order valence-corrected chi connectivity index (χ4v) is 3.05. The van der Waals surface area contributed by atoms with E-state index in [1.807, 2.05) is 54.6 Å². The first kappa shape index (κ1) is 17.5. The molecule has 1 fully saturated rings. The zero-order valence-electron chi connectivity index (χ0n) is 14.6. The molecular formula is C21H26N2O2. The Morgan fingerprint density at radius 3 is 2.40 bits per heavy atom. The number of para-hydroxylation sites is 1. The lowest BCUT2D eigenvalue weighted by molar-refractivity contribution is 0.0946. The molecule has 1 amide bonds. The Bertz CT molecular complexity index is 649. The molecule has 1 N–H and O–H groups in total. The van der Waals surface area contributed by atoms with Crippen LogP contribution in [0.4, 0.5) is 0 Å². The maximum absolute atomic E-state index is 12.2. The lowest BCUT2D eigenvalue weighted by atomic mass is 10.1. The van der Waals surface area contributed by atoms with Crippen LogP contribution in [0.2, 0.25) is 0 Å². The number of hydrogen-bond donors (Lipinski definition) is 1. The van der Waals surface area contributed by atoms with Gasteiger partial charge in [-0.3, -0.25) is 4.79 Å². The van der Waals surface area contributed by atoms with Crippen LogP contribution >= 0.6 is 0 Å². The molecule has 0 aromatic heterocycles. The van der Waals surface area contributed by atoms with Crippen molar-refractivity contribution >= 4 is 5.91 Å². The van der Waals surface area contributed by atoms with Crippen LogP contribution in [0.15, 0.2) is 54.6 Å². The van der Waals surface area contributed by atoms with Crippen molar-refractivity contribution in [2.75, 3.05) is 26.2 Å². The highest BCUT2D eigenvalue weighted by Gasteiger charge is 2.10. The molecule has 0 atom stereocenters. The third kappa shape index (κ3) is 5.61. The van der Waals surface area contributed by atoms with Gasteiger partial charge >= 0.3 is 0 Å². The van der Waals surface area contributed by atoms with Crippen LogP contribution in [0, 0.1) is 0 Å². The quantitative estimate of drug-likeness (QED) is 0.840. The number of carbonyl (C=O) groups excluding carboxylic acids is 1. The first-order chi connectivity index (χ1) is 12.3. The van der Waals surface area contributed by atoms with Crippen molar-refractivity contribution < 1.29 is 9.53 Å². The summed E-state index contributed by atoms with van der Waals surface area (Å²) in [5, 5.41) is 3.01. The second-order valence-corrected chi connectivity index (χ2v) is 6.46. The molecule has 1 aliphatic rings. The Morgan fingerprint density at radius 2 is 1.68 bits per heavy atom. The number of rotatable bonds is 7. The minimum atomic E-state index is -0.00691. The number of likely N-dealkylation sites (tertiary alicyclic amines) is 1. The summed E-state index contributed by atoms with van der Waals surface area (Å²) in [7, 11) is 0. The topological polar surface area (TPSA) is 41.6 Å². The molecule has 1 saturated heterocycles. The molecule has 0 bridgehead atoms. The van der Waals surface area contributed by atoms with Crippen LogP contribution < -0.4 is 10.1 Å². The number of carbonyl (C=O) groups is 1. The van der Waals surface area contributed by atoms with Crippen molar-refractivity contribution in [2.24, 2.45) is 0 Å². The van der Waals surface area contributed by atoms with Crippen molar-refractivity contribution in [1.82, 2.24) is 10.2 Å². The number of amides is 1. The molecule has 0 spiro atoms. The van der Waals surface area contributed by atoms with Crippen LogP contribution in [0.5, 0.6) is 5.75 Å². The van der Waals surface area contributed by atoms with E-state index in [1.165, 1.54) is 19.3 Å². The van der Waals surface area contributed by atoms with Gasteiger partial charge in [-0.2, -0.15) is 0 Å². The van der Waals surface area contributed by atoms with Gasteiger partial charge in [0.1, 0.15) is 12.4 Å². The fourth-order valence-electron chi connectivity index (χ4n) is 3.05. The fraction of sp³-hybridized carbons (Fsp3) is 0.381. The molecule has 2 aromatic rings. The molecule has 2 aromatic carbocycles. The average molecular weight is 338 g/mol. The Hall–Kier alpha value is -2.33. The van der Waals surface area contributed by atoms with Gasteiger partial charge in [-0.1, -0.05) is 36.8 Å². The van der Waals surface area contributed by atoms with Crippen LogP contribution in [0.1, 0.15) is 35.2 Å². The number of piperidine rings is 1. The number of nitrogens with one attached hydrogen (secondary N) is 1. The SMILES string of the molecule is O=C(NCCN1CCCCC1)c1ccc(COc2ccccc2)cc1. The number of ether oxygens (including phenoxy) is 1. The molecular weight excluding hydrogens is 312 g/mol. The van der Waals surface area contributed by atoms with Gasteiger partial charge < -0.3 is 15.0 Å². The lowest BCUT2D eigenvalue weighted by Crippen LogP contribution is -2.37. The van der Waals surface area contributed by atoms with E-state index in [2.05, 4.69) is 10.2 Å². The average Bonchev–Trinajstić information content (AvgIpc) is 2.68. The zero-order chi connectivity index (χ0) is 17.3. The summed E-state index contributed by atoms with van der Waals surface area (Å²) in [4.78, 5) is 14.6. The maximum atomic E-state index is 12.2. The smallest absolute Gasteiger partial charge is 0.251 e. The monoisotopic (exact) mass is 338 g/mol. The van der Waals surface area contributed by atoms with E-state index in [1.54, 1.807) is 0 Å². The number of nitrogens with zero attached hydrogens (tertiary/aromatic N) is 1. The van der Waals surface area contributed by atoms with E-state index in [-0.39, 0.29) is 5.91 Å². The van der Waals surface area contributed by atoms with E-state index in [9.17, 15) is 4.79 Å². The Labute approximate surface area is 149 Å². The summed E-state index contributed by atoms with van der Waals surface area (Å²) in [6.45, 7) is 4.46. The van der Waals surface area contributed by atoms with Crippen LogP contribution in [0.3, 0.4) is 0 Å². The van der Waals surface area contributed by atoms with E-state index >= 15 is 0 Å². The first-order valence-electron chi connectivity index (χ1n) is 9.08. The summed E-state index contributed by atoms with van der Waals surface area (Å²) in [5.41, 5.74) is 1.75. The van der Waals surface area contributed by atoms with E-state index < -0.39 is 0 Å². The molecule has 4 nitrogen and oxygen atoms in total. The largest absolute Gasteiger partial charge is 0.489 e. The molecule has 0 saturated carbocycles. The minimum absolute atomic E-state index is 0.00691. The standard InChI is InChI=1S/C21H26N2O2/c24-21(22-13-16-23-14-5-2-6-15-23)19-11-9-18(10-12-19)17-25-20-7-3-1-4-8-20/h1,3-4,7-12H,2,5-6,13-17H2,(H,22,24). The zero-order valence-corrected chi connectivity index (χ0v) is 14.6. The van der Waals surface area contributed by atoms with Gasteiger partial charge in [0, 0.05) is 18.7 Å². The van der Waals surface area contributed by atoms with Gasteiger partial charge in [0.25, 0.3) is 5.91 Å². The maximum Gasteiger partial charge on any atom is 0.251 e. The predicted octanol–water partition coefficient (Wildman–Crippen LogP) is 3.48. The van der Waals surface area contributed by atoms with Gasteiger partial charge in [-0.05, 0) is 55.8 Å². The second-order valence-electron chi connectivity index (χ2n) is 6.46. The molecule has 0 unspecified atom stereocenters. The molecule has 0 aliphatic carbocycles. The second kappa shape index (κ2) is 9.23. The third-order valence-electron chi connectivity index (χ3n) is 4.53. The number of hydrogen-bond acceptors (Lipinski definition) is 3. The van der Waals surface area contributed by atoms with E-state index in [0.29, 0.717) is 18.7 Å². The van der Waals surface area contributed by atoms with Crippen LogP contribution in [-0.4, -0.2) is 37.0 Å². The van der Waals surface area contributed by atoms with Gasteiger partial charge in [0.05, 0.1) is 0 Å². The van der Waals surface area contributed by atoms with Gasteiger partial charge in [0.2, 0.25) is 0 Å². The molecule has 132 valence electrons. The van der Waals surface area contributed by atoms with Gasteiger partial charge in [0.15, 0.2) is 0 Å². The van der Waals surface area contributed by atoms with Crippen molar-refractivity contribution in [3.05, 3.63) is 65.7 Å². The normalized spacial score (nSPS) is 14.9. The molecule has 25 heavy (non-hydrogen) atoms. The van der Waals surface area contributed by atoms with Crippen LogP contribution in [0.25, 0.3) is 0 Å². The summed E-state index contributed by atoms with van der Waals surface area (Å²) in [6, 6.07) is 17.4. The summed E-state index contributed by atoms with van der Waals surface area (Å²) >= 11 is 0. The third-order valence-corrected chi connectivity index (χ3v) is 4.53. The van der Waals surface area contributed by atoms with Gasteiger partial charge in [-0.15, -0.1) is 0 Å². The van der Waals surface area contributed by atoms with E-state index in [0.717, 1.165) is 30.9 Å². The van der Waals surface area contributed by atoms with Gasteiger partial charge in [-0.25, -0.2) is 0 Å². The Kier molecular flexibility index (Phi) is 6.46. The van der Waals surface area contributed by atoms with Crippen molar-refractivity contribution in [1.29, 1.82) is 0 Å². The molecule has 1 heterocycles. The van der Waals surface area contributed by atoms with Crippen molar-refractivity contribution in [2.45, 2.75) is 25.9 Å². The highest BCUT2D eigenvalue weighted by Crippen LogP contribution is 2.12. The number of benzene rings is 2.